The van der Waals surface area contributed by atoms with Gasteiger partial charge < -0.3 is 9.47 Å². The van der Waals surface area contributed by atoms with Crippen molar-refractivity contribution in [1.82, 2.24) is 0 Å². The summed E-state index contributed by atoms with van der Waals surface area (Å²) in [5.41, 5.74) is 2.72. The van der Waals surface area contributed by atoms with Gasteiger partial charge in [-0.05, 0) is 24.8 Å². The fourth-order valence-electron chi connectivity index (χ4n) is 4.23. The number of nitrogens with zero attached hydrogens (tertiary/aromatic N) is 1. The molecule has 28 heavy (non-hydrogen) atoms. The van der Waals surface area contributed by atoms with Gasteiger partial charge in [0.05, 0.1) is 7.11 Å². The van der Waals surface area contributed by atoms with E-state index in [0.717, 1.165) is 11.3 Å². The molecule has 0 bridgehead atoms. The van der Waals surface area contributed by atoms with E-state index in [1.165, 1.54) is 7.11 Å². The lowest BCUT2D eigenvalue weighted by Gasteiger charge is -2.39. The van der Waals surface area contributed by atoms with Crippen LogP contribution >= 0.6 is 0 Å². The predicted molar refractivity (Wildman–Crippen MR) is 109 cm³/mol. The van der Waals surface area contributed by atoms with Gasteiger partial charge in [-0.15, -0.1) is 0 Å². The van der Waals surface area contributed by atoms with E-state index in [-0.39, 0.29) is 11.2 Å². The number of allylic oxidation sites excluding steroid dienone is 2. The van der Waals surface area contributed by atoms with Crippen LogP contribution in [0.25, 0.3) is 0 Å². The van der Waals surface area contributed by atoms with Crippen LogP contribution in [-0.2, 0) is 14.3 Å². The van der Waals surface area contributed by atoms with E-state index in [1.54, 1.807) is 6.08 Å². The first-order valence-corrected chi connectivity index (χ1v) is 9.51. The molecule has 5 heteroatoms. The topological polar surface area (TPSA) is 65.0 Å². The van der Waals surface area contributed by atoms with E-state index in [1.807, 2.05) is 31.2 Å². The number of rotatable bonds is 5. The summed E-state index contributed by atoms with van der Waals surface area (Å²) < 4.78 is 10.9. The van der Waals surface area contributed by atoms with Crippen molar-refractivity contribution in [3.63, 3.8) is 0 Å². The Morgan fingerprint density at radius 2 is 2.04 bits per heavy atom. The Morgan fingerprint density at radius 3 is 2.71 bits per heavy atom. The molecule has 3 rings (SSSR count). The molecule has 0 radical (unpaired) electrons. The zero-order chi connectivity index (χ0) is 20.5. The minimum atomic E-state index is -0.651. The number of benzene rings is 1. The van der Waals surface area contributed by atoms with Crippen molar-refractivity contribution in [2.45, 2.75) is 39.5 Å². The first kappa shape index (κ1) is 20.1. The van der Waals surface area contributed by atoms with Crippen LogP contribution in [0.2, 0.25) is 0 Å². The summed E-state index contributed by atoms with van der Waals surface area (Å²) in [5.74, 6) is -0.832. The van der Waals surface area contributed by atoms with Gasteiger partial charge in [0.2, 0.25) is 0 Å². The number of para-hydroxylation sites is 1. The lowest BCUT2D eigenvalue weighted by Crippen LogP contribution is -2.39. The second kappa shape index (κ2) is 7.74. The zero-order valence-corrected chi connectivity index (χ0v) is 17.0. The normalized spacial score (nSPS) is 23.6. The molecule has 5 nitrogen and oxygen atoms in total. The Morgan fingerprint density at radius 1 is 1.32 bits per heavy atom. The standard InChI is InChI=1S/C23H27NO4/c1-6-11-28-18-10-8-7-9-15(18)20-19(22(26)27-5)14(2)24-16-12-23(3,4)13-17(25)21(16)20/h6-10,19-20H,1,11-13H2,2-5H3. The molecule has 1 aromatic carbocycles. The van der Waals surface area contributed by atoms with Crippen LogP contribution in [0, 0.1) is 11.3 Å². The molecule has 0 saturated heterocycles. The van der Waals surface area contributed by atoms with Crippen molar-refractivity contribution >= 4 is 17.5 Å². The van der Waals surface area contributed by atoms with Gasteiger partial charge in [0.25, 0.3) is 0 Å². The third-order valence-electron chi connectivity index (χ3n) is 5.37. The molecular formula is C23H27NO4. The Hall–Kier alpha value is -2.69. The number of Topliss-reactive ketones (excluding diaryl/α,β-unsaturated/α-hetero) is 1. The fourth-order valence-corrected chi connectivity index (χ4v) is 4.23. The number of carbonyl (C=O) groups is 2. The molecule has 1 heterocycles. The second-order valence-electron chi connectivity index (χ2n) is 8.17. The zero-order valence-electron chi connectivity index (χ0n) is 17.0. The molecule has 0 aromatic heterocycles. The van der Waals surface area contributed by atoms with Crippen molar-refractivity contribution in [3.05, 3.63) is 53.8 Å². The van der Waals surface area contributed by atoms with Gasteiger partial charge in [-0.2, -0.15) is 0 Å². The highest BCUT2D eigenvalue weighted by Gasteiger charge is 2.46. The highest BCUT2D eigenvalue weighted by Crippen LogP contribution is 2.49. The minimum Gasteiger partial charge on any atom is -0.489 e. The smallest absolute Gasteiger partial charge is 0.315 e. The highest BCUT2D eigenvalue weighted by atomic mass is 16.5. The summed E-state index contributed by atoms with van der Waals surface area (Å²) in [7, 11) is 1.36. The predicted octanol–water partition coefficient (Wildman–Crippen LogP) is 4.24. The summed E-state index contributed by atoms with van der Waals surface area (Å²) in [6.45, 7) is 10.0. The van der Waals surface area contributed by atoms with Crippen LogP contribution in [-0.4, -0.2) is 31.2 Å². The molecule has 0 fully saturated rings. The molecule has 1 aliphatic carbocycles. The molecule has 2 aliphatic rings. The first-order valence-electron chi connectivity index (χ1n) is 9.51. The van der Waals surface area contributed by atoms with Gasteiger partial charge in [-0.1, -0.05) is 44.7 Å². The van der Waals surface area contributed by atoms with E-state index in [9.17, 15) is 9.59 Å². The Kier molecular flexibility index (Phi) is 5.54. The lowest BCUT2D eigenvalue weighted by atomic mass is 9.66. The van der Waals surface area contributed by atoms with Gasteiger partial charge in [0.15, 0.2) is 5.78 Å². The van der Waals surface area contributed by atoms with Gasteiger partial charge in [-0.25, -0.2) is 0 Å². The van der Waals surface area contributed by atoms with Crippen molar-refractivity contribution in [2.75, 3.05) is 13.7 Å². The molecule has 1 aromatic rings. The third kappa shape index (κ3) is 3.66. The second-order valence-corrected chi connectivity index (χ2v) is 8.17. The molecule has 0 saturated carbocycles. The number of methoxy groups -OCH3 is 1. The molecule has 1 aliphatic heterocycles. The van der Waals surface area contributed by atoms with Gasteiger partial charge in [0.1, 0.15) is 18.3 Å². The number of hydrogen-bond donors (Lipinski definition) is 0. The van der Waals surface area contributed by atoms with Crippen LogP contribution < -0.4 is 4.74 Å². The number of ketones is 1. The van der Waals surface area contributed by atoms with E-state index in [2.05, 4.69) is 25.4 Å². The summed E-state index contributed by atoms with van der Waals surface area (Å²) in [5, 5.41) is 0. The summed E-state index contributed by atoms with van der Waals surface area (Å²) in [4.78, 5) is 30.6. The van der Waals surface area contributed by atoms with Gasteiger partial charge >= 0.3 is 5.97 Å². The SMILES string of the molecule is C=CCOc1ccccc1C1C2=C(CC(C)(C)CC2=O)N=C(C)C1C(=O)OC. The highest BCUT2D eigenvalue weighted by molar-refractivity contribution is 6.09. The molecule has 148 valence electrons. The van der Waals surface area contributed by atoms with Crippen LogP contribution in [0.15, 0.2) is 53.2 Å². The molecule has 0 N–H and O–H groups in total. The van der Waals surface area contributed by atoms with Gasteiger partial charge in [-0.3, -0.25) is 14.6 Å². The molecule has 0 spiro atoms. The van der Waals surface area contributed by atoms with Gasteiger partial charge in [0, 0.05) is 34.9 Å². The number of hydrogen-bond acceptors (Lipinski definition) is 5. The maximum absolute atomic E-state index is 13.2. The van der Waals surface area contributed by atoms with Crippen molar-refractivity contribution < 1.29 is 19.1 Å². The number of ether oxygens (including phenoxy) is 2. The quantitative estimate of drug-likeness (QED) is 0.565. The van der Waals surface area contributed by atoms with E-state index in [0.29, 0.717) is 36.5 Å². The largest absolute Gasteiger partial charge is 0.489 e. The third-order valence-corrected chi connectivity index (χ3v) is 5.37. The van der Waals surface area contributed by atoms with E-state index >= 15 is 0 Å². The number of esters is 1. The van der Waals surface area contributed by atoms with E-state index in [4.69, 9.17) is 9.47 Å². The first-order chi connectivity index (χ1) is 13.3. The Balaban J connectivity index is 2.21. The molecule has 2 unspecified atom stereocenters. The van der Waals surface area contributed by atoms with Crippen molar-refractivity contribution in [2.24, 2.45) is 16.3 Å². The maximum Gasteiger partial charge on any atom is 0.315 e. The van der Waals surface area contributed by atoms with Crippen LogP contribution in [0.4, 0.5) is 0 Å². The minimum absolute atomic E-state index is 0.0416. The maximum atomic E-state index is 13.2. The van der Waals surface area contributed by atoms with Crippen LogP contribution in [0.3, 0.4) is 0 Å². The lowest BCUT2D eigenvalue weighted by molar-refractivity contribution is -0.143. The van der Waals surface area contributed by atoms with Crippen LogP contribution in [0.1, 0.15) is 45.1 Å². The Bertz CT molecular complexity index is 878. The molecule has 2 atom stereocenters. The Labute approximate surface area is 166 Å². The van der Waals surface area contributed by atoms with Crippen molar-refractivity contribution in [1.29, 1.82) is 0 Å². The van der Waals surface area contributed by atoms with Crippen molar-refractivity contribution in [3.8, 4) is 5.75 Å². The number of carbonyl (C=O) groups excluding carboxylic acids is 2. The number of aliphatic imine (C=N–C) groups is 1. The molecule has 0 amide bonds. The van der Waals surface area contributed by atoms with Crippen LogP contribution in [0.5, 0.6) is 5.75 Å². The fraction of sp³-hybridized carbons (Fsp3) is 0.435. The molecular weight excluding hydrogens is 354 g/mol. The summed E-state index contributed by atoms with van der Waals surface area (Å²) in [6.07, 6.45) is 2.80. The summed E-state index contributed by atoms with van der Waals surface area (Å²) in [6, 6.07) is 7.53. The average Bonchev–Trinajstić information content (AvgIpc) is 2.64. The van der Waals surface area contributed by atoms with E-state index < -0.39 is 17.8 Å². The average molecular weight is 381 g/mol. The summed E-state index contributed by atoms with van der Waals surface area (Å²) >= 11 is 0. The monoisotopic (exact) mass is 381 g/mol.